The molecule has 1 saturated heterocycles. The molecule has 3 aromatic carbocycles. The van der Waals surface area contributed by atoms with Crippen LogP contribution in [0.4, 0.5) is 0 Å². The Morgan fingerprint density at radius 2 is 1.69 bits per heavy atom. The number of Topliss-reactive ketones (excluding diaryl/α,β-unsaturated/α-hetero) is 1. The van der Waals surface area contributed by atoms with Gasteiger partial charge in [0.2, 0.25) is 0 Å². The van der Waals surface area contributed by atoms with Gasteiger partial charge in [-0.1, -0.05) is 54.6 Å². The number of phenolic OH excluding ortho intramolecular Hbond substituents is 1. The van der Waals surface area contributed by atoms with Gasteiger partial charge < -0.3 is 19.8 Å². The number of carbonyl (C=O) groups is 2. The van der Waals surface area contributed by atoms with Crippen LogP contribution in [0.2, 0.25) is 0 Å². The van der Waals surface area contributed by atoms with E-state index in [1.54, 1.807) is 36.4 Å². The molecule has 0 aliphatic carbocycles. The zero-order valence-electron chi connectivity index (χ0n) is 17.6. The van der Waals surface area contributed by atoms with Gasteiger partial charge in [0.1, 0.15) is 17.3 Å². The minimum Gasteiger partial charge on any atom is -0.508 e. The Bertz CT molecular complexity index is 1170. The van der Waals surface area contributed by atoms with Gasteiger partial charge in [0.25, 0.3) is 11.7 Å². The summed E-state index contributed by atoms with van der Waals surface area (Å²) < 4.78 is 5.23. The van der Waals surface area contributed by atoms with E-state index in [9.17, 15) is 19.8 Å². The Labute approximate surface area is 186 Å². The third-order valence-corrected chi connectivity index (χ3v) is 5.58. The number of benzene rings is 3. The van der Waals surface area contributed by atoms with Crippen LogP contribution in [0.25, 0.3) is 5.76 Å². The fraction of sp³-hybridized carbons (Fsp3) is 0.154. The summed E-state index contributed by atoms with van der Waals surface area (Å²) in [4.78, 5) is 27.5. The smallest absolute Gasteiger partial charge is 0.295 e. The first-order valence-corrected chi connectivity index (χ1v) is 10.3. The van der Waals surface area contributed by atoms with E-state index in [-0.39, 0.29) is 17.1 Å². The standard InChI is InChI=1S/C26H23NO5/c1-32-21-9-5-8-19(16-21)24(29)22-23(18-10-12-20(28)13-11-18)27(26(31)25(22)30)15-14-17-6-3-2-4-7-17/h2-13,16,23,28-29H,14-15H2,1H3/b24-22+. The molecule has 4 rings (SSSR count). The molecule has 3 aromatic rings. The molecule has 0 bridgehead atoms. The summed E-state index contributed by atoms with van der Waals surface area (Å²) in [5, 5.41) is 20.8. The number of aromatic hydroxyl groups is 1. The van der Waals surface area contributed by atoms with Gasteiger partial charge in [0.15, 0.2) is 0 Å². The molecule has 1 heterocycles. The third kappa shape index (κ3) is 4.07. The van der Waals surface area contributed by atoms with Crippen molar-refractivity contribution in [2.24, 2.45) is 0 Å². The Kier molecular flexibility index (Phi) is 5.94. The molecule has 1 unspecified atom stereocenters. The molecule has 6 heteroatoms. The van der Waals surface area contributed by atoms with E-state index in [1.165, 1.54) is 24.1 Å². The highest BCUT2D eigenvalue weighted by atomic mass is 16.5. The van der Waals surface area contributed by atoms with Crippen molar-refractivity contribution in [3.63, 3.8) is 0 Å². The molecular formula is C26H23NO5. The number of aliphatic hydroxyl groups is 1. The van der Waals surface area contributed by atoms with Crippen molar-refractivity contribution in [2.75, 3.05) is 13.7 Å². The molecule has 0 saturated carbocycles. The summed E-state index contributed by atoms with van der Waals surface area (Å²) in [5.74, 6) is -1.07. The molecule has 1 aliphatic heterocycles. The molecule has 0 radical (unpaired) electrons. The van der Waals surface area contributed by atoms with Gasteiger partial charge >= 0.3 is 0 Å². The number of hydrogen-bond donors (Lipinski definition) is 2. The predicted octanol–water partition coefficient (Wildman–Crippen LogP) is 4.07. The zero-order chi connectivity index (χ0) is 22.7. The Balaban J connectivity index is 1.79. The van der Waals surface area contributed by atoms with Gasteiger partial charge in [-0.3, -0.25) is 9.59 Å². The fourth-order valence-electron chi connectivity index (χ4n) is 3.93. The number of nitrogens with zero attached hydrogens (tertiary/aromatic N) is 1. The highest BCUT2D eigenvalue weighted by Gasteiger charge is 2.45. The summed E-state index contributed by atoms with van der Waals surface area (Å²) in [7, 11) is 1.51. The van der Waals surface area contributed by atoms with Crippen LogP contribution in [0.15, 0.2) is 84.4 Å². The highest BCUT2D eigenvalue weighted by molar-refractivity contribution is 6.46. The summed E-state index contributed by atoms with van der Waals surface area (Å²) >= 11 is 0. The van der Waals surface area contributed by atoms with Crippen molar-refractivity contribution in [1.82, 2.24) is 4.90 Å². The summed E-state index contributed by atoms with van der Waals surface area (Å²) in [5.41, 5.74) is 2.06. The summed E-state index contributed by atoms with van der Waals surface area (Å²) in [6.45, 7) is 0.301. The maximum atomic E-state index is 13.1. The summed E-state index contributed by atoms with van der Waals surface area (Å²) in [6, 6.07) is 21.9. The second-order valence-corrected chi connectivity index (χ2v) is 7.55. The second-order valence-electron chi connectivity index (χ2n) is 7.55. The first-order chi connectivity index (χ1) is 15.5. The van der Waals surface area contributed by atoms with Crippen molar-refractivity contribution in [3.05, 3.63) is 101 Å². The van der Waals surface area contributed by atoms with Crippen LogP contribution < -0.4 is 4.74 Å². The molecular weight excluding hydrogens is 406 g/mol. The normalized spacial score (nSPS) is 17.5. The van der Waals surface area contributed by atoms with Crippen molar-refractivity contribution >= 4 is 17.4 Å². The Hall–Kier alpha value is -4.06. The molecule has 1 fully saturated rings. The molecule has 162 valence electrons. The van der Waals surface area contributed by atoms with Crippen LogP contribution in [-0.2, 0) is 16.0 Å². The van der Waals surface area contributed by atoms with Crippen molar-refractivity contribution in [3.8, 4) is 11.5 Å². The second kappa shape index (κ2) is 8.98. The number of aliphatic hydroxyl groups excluding tert-OH is 1. The average molecular weight is 429 g/mol. The molecule has 0 aromatic heterocycles. The number of phenols is 1. The quantitative estimate of drug-likeness (QED) is 0.351. The van der Waals surface area contributed by atoms with E-state index in [4.69, 9.17) is 4.74 Å². The van der Waals surface area contributed by atoms with Gasteiger partial charge in [-0.15, -0.1) is 0 Å². The molecule has 1 aliphatic rings. The van der Waals surface area contributed by atoms with Crippen molar-refractivity contribution < 1.29 is 24.5 Å². The molecule has 1 atom stereocenters. The van der Waals surface area contributed by atoms with Crippen LogP contribution in [0, 0.1) is 0 Å². The SMILES string of the molecule is COc1cccc(/C(O)=C2\C(=O)C(=O)N(CCc3ccccc3)C2c2ccc(O)cc2)c1. The van der Waals surface area contributed by atoms with Gasteiger partial charge in [-0.25, -0.2) is 0 Å². The molecule has 2 N–H and O–H groups in total. The number of amides is 1. The largest absolute Gasteiger partial charge is 0.508 e. The predicted molar refractivity (Wildman–Crippen MR) is 120 cm³/mol. The number of rotatable bonds is 6. The monoisotopic (exact) mass is 429 g/mol. The minimum atomic E-state index is -0.773. The maximum Gasteiger partial charge on any atom is 0.295 e. The van der Waals surface area contributed by atoms with Crippen LogP contribution in [0.1, 0.15) is 22.7 Å². The minimum absolute atomic E-state index is 0.0157. The van der Waals surface area contributed by atoms with E-state index in [2.05, 4.69) is 0 Å². The topological polar surface area (TPSA) is 87.1 Å². The van der Waals surface area contributed by atoms with Crippen molar-refractivity contribution in [1.29, 1.82) is 0 Å². The number of carbonyl (C=O) groups excluding carboxylic acids is 2. The van der Waals surface area contributed by atoms with Crippen LogP contribution >= 0.6 is 0 Å². The summed E-state index contributed by atoms with van der Waals surface area (Å²) in [6.07, 6.45) is 0.557. The van der Waals surface area contributed by atoms with E-state index in [0.717, 1.165) is 5.56 Å². The van der Waals surface area contributed by atoms with Gasteiger partial charge in [-0.2, -0.15) is 0 Å². The van der Waals surface area contributed by atoms with Gasteiger partial charge in [0.05, 0.1) is 18.7 Å². The molecule has 6 nitrogen and oxygen atoms in total. The number of ether oxygens (including phenoxy) is 1. The number of hydrogen-bond acceptors (Lipinski definition) is 5. The number of methoxy groups -OCH3 is 1. The number of likely N-dealkylation sites (tertiary alicyclic amines) is 1. The van der Waals surface area contributed by atoms with Crippen LogP contribution in [0.5, 0.6) is 11.5 Å². The lowest BCUT2D eigenvalue weighted by Gasteiger charge is -2.25. The lowest BCUT2D eigenvalue weighted by Crippen LogP contribution is -2.31. The van der Waals surface area contributed by atoms with Gasteiger partial charge in [-0.05, 0) is 41.8 Å². The fourth-order valence-corrected chi connectivity index (χ4v) is 3.93. The number of ketones is 1. The van der Waals surface area contributed by atoms with E-state index >= 15 is 0 Å². The average Bonchev–Trinajstić information content (AvgIpc) is 3.08. The first kappa shape index (κ1) is 21.2. The molecule has 32 heavy (non-hydrogen) atoms. The van der Waals surface area contributed by atoms with E-state index < -0.39 is 17.7 Å². The van der Waals surface area contributed by atoms with Crippen LogP contribution in [0.3, 0.4) is 0 Å². The maximum absolute atomic E-state index is 13.1. The van der Waals surface area contributed by atoms with Crippen molar-refractivity contribution in [2.45, 2.75) is 12.5 Å². The third-order valence-electron chi connectivity index (χ3n) is 5.58. The van der Waals surface area contributed by atoms with E-state index in [0.29, 0.717) is 29.8 Å². The Morgan fingerprint density at radius 1 is 0.969 bits per heavy atom. The highest BCUT2D eigenvalue weighted by Crippen LogP contribution is 2.40. The first-order valence-electron chi connectivity index (χ1n) is 10.3. The lowest BCUT2D eigenvalue weighted by molar-refractivity contribution is -0.139. The molecule has 1 amide bonds. The lowest BCUT2D eigenvalue weighted by atomic mass is 9.95. The Morgan fingerprint density at radius 3 is 2.38 bits per heavy atom. The van der Waals surface area contributed by atoms with Gasteiger partial charge in [0, 0.05) is 12.1 Å². The van der Waals surface area contributed by atoms with E-state index in [1.807, 2.05) is 30.3 Å². The zero-order valence-corrected chi connectivity index (χ0v) is 17.6. The molecule has 0 spiro atoms. The van der Waals surface area contributed by atoms with Crippen LogP contribution in [-0.4, -0.2) is 40.5 Å².